The van der Waals surface area contributed by atoms with Crippen LogP contribution < -0.4 is 0 Å². The Morgan fingerprint density at radius 3 is 1.64 bits per heavy atom. The predicted molar refractivity (Wildman–Crippen MR) is 197 cm³/mol. The van der Waals surface area contributed by atoms with E-state index >= 15 is 0 Å². The maximum Gasteiger partial charge on any atom is 0.143 e. The van der Waals surface area contributed by atoms with Crippen molar-refractivity contribution in [1.82, 2.24) is 0 Å². The summed E-state index contributed by atoms with van der Waals surface area (Å²) in [4.78, 5) is 0. The van der Waals surface area contributed by atoms with Gasteiger partial charge in [-0.15, -0.1) is 0 Å². The summed E-state index contributed by atoms with van der Waals surface area (Å²) in [5.41, 5.74) is 8.67. The molecule has 0 radical (unpaired) electrons. The van der Waals surface area contributed by atoms with Gasteiger partial charge in [-0.05, 0) is 86.6 Å². The fourth-order valence-electron chi connectivity index (χ4n) is 7.35. The highest BCUT2D eigenvalue weighted by Crippen LogP contribution is 2.48. The lowest BCUT2D eigenvalue weighted by Gasteiger charge is -2.19. The first kappa shape index (κ1) is 22.4. The summed E-state index contributed by atoms with van der Waals surface area (Å²) in [5.74, 6) is 0. The summed E-state index contributed by atoms with van der Waals surface area (Å²) in [6, 6.07) is 42.9. The molecule has 0 atom stereocenters. The molecule has 0 unspecified atom stereocenters. The van der Waals surface area contributed by atoms with Gasteiger partial charge in [0.1, 0.15) is 22.3 Å². The van der Waals surface area contributed by atoms with Crippen LogP contribution in [-0.4, -0.2) is 0 Å². The summed E-state index contributed by atoms with van der Waals surface area (Å²) in [7, 11) is 0. The number of hydrogen-bond donors (Lipinski definition) is 0. The van der Waals surface area contributed by atoms with Crippen LogP contribution >= 0.6 is 0 Å². The van der Waals surface area contributed by atoms with E-state index in [0.717, 1.165) is 87.7 Å². The van der Waals surface area contributed by atoms with Crippen LogP contribution in [0.3, 0.4) is 0 Å². The summed E-state index contributed by atoms with van der Waals surface area (Å²) in [6.45, 7) is 1.64. The van der Waals surface area contributed by atoms with Crippen LogP contribution in [0, 0.1) is 6.92 Å². The molecule has 2 nitrogen and oxygen atoms in total. The Morgan fingerprint density at radius 1 is 0.426 bits per heavy atom. The highest BCUT2D eigenvalue weighted by molar-refractivity contribution is 6.26. The molecule has 0 bridgehead atoms. The van der Waals surface area contributed by atoms with Crippen molar-refractivity contribution in [2.24, 2.45) is 0 Å². The zero-order chi connectivity index (χ0) is 34.5. The lowest BCUT2D eigenvalue weighted by Crippen LogP contribution is -1.92. The topological polar surface area (TPSA) is 26.3 Å². The second-order valence-electron chi connectivity index (χ2n) is 12.1. The molecular formula is C45H28O2. The molecular weight excluding hydrogens is 572 g/mol. The molecule has 10 aromatic rings. The van der Waals surface area contributed by atoms with E-state index in [1.54, 1.807) is 6.92 Å². The maximum atomic E-state index is 9.04. The second kappa shape index (κ2) is 9.94. The van der Waals surface area contributed by atoms with Gasteiger partial charge in [0.25, 0.3) is 0 Å². The molecule has 2 aromatic heterocycles. The fourth-order valence-corrected chi connectivity index (χ4v) is 7.35. The Kier molecular flexibility index (Phi) is 4.74. The van der Waals surface area contributed by atoms with Gasteiger partial charge < -0.3 is 8.83 Å². The molecule has 0 aliphatic heterocycles. The van der Waals surface area contributed by atoms with Gasteiger partial charge in [0, 0.05) is 27.1 Å². The third kappa shape index (κ3) is 3.85. The third-order valence-electron chi connectivity index (χ3n) is 9.41. The van der Waals surface area contributed by atoms with Crippen molar-refractivity contribution in [3.8, 4) is 33.4 Å². The van der Waals surface area contributed by atoms with Crippen molar-refractivity contribution >= 4 is 65.4 Å². The highest BCUT2D eigenvalue weighted by atomic mass is 16.3. The van der Waals surface area contributed by atoms with Crippen molar-refractivity contribution in [2.45, 2.75) is 6.92 Å². The van der Waals surface area contributed by atoms with Crippen molar-refractivity contribution in [1.29, 1.82) is 0 Å². The zero-order valence-electron chi connectivity index (χ0n) is 29.4. The van der Waals surface area contributed by atoms with Crippen LogP contribution in [0.1, 0.15) is 11.0 Å². The Labute approximate surface area is 276 Å². The Morgan fingerprint density at radius 2 is 0.957 bits per heavy atom. The fraction of sp³-hybridized carbons (Fsp3) is 0.0222. The van der Waals surface area contributed by atoms with E-state index in [1.165, 1.54) is 0 Å². The Bertz CT molecular complexity index is 3010. The average molecular weight is 605 g/mol. The van der Waals surface area contributed by atoms with Gasteiger partial charge in [0.05, 0.1) is 5.48 Å². The average Bonchev–Trinajstić information content (AvgIpc) is 3.75. The van der Waals surface area contributed by atoms with Crippen molar-refractivity contribution in [3.63, 3.8) is 0 Å². The number of hydrogen-bond acceptors (Lipinski definition) is 2. The van der Waals surface area contributed by atoms with E-state index in [-0.39, 0.29) is 24.2 Å². The van der Waals surface area contributed by atoms with Gasteiger partial charge >= 0.3 is 0 Å². The van der Waals surface area contributed by atoms with E-state index in [2.05, 4.69) is 48.5 Å². The predicted octanol–water partition coefficient (Wildman–Crippen LogP) is 13.1. The van der Waals surface area contributed by atoms with Gasteiger partial charge in [0.2, 0.25) is 0 Å². The quantitative estimate of drug-likeness (QED) is 0.188. The number of para-hydroxylation sites is 2. The molecule has 0 N–H and O–H groups in total. The minimum Gasteiger partial charge on any atom is -0.456 e. The van der Waals surface area contributed by atoms with E-state index in [9.17, 15) is 0 Å². The van der Waals surface area contributed by atoms with Crippen LogP contribution in [0.4, 0.5) is 0 Å². The minimum atomic E-state index is -0.0357. The molecule has 0 amide bonds. The SMILES string of the molecule is [2H]c1c([2H])c(-c2c3ccccc3c(-c3ccc(-c4ccc5oc6ccccc6c5c4)c4oc5ccccc5c34)c3ccccc23)c([2H])c([2H])c1C. The summed E-state index contributed by atoms with van der Waals surface area (Å²) in [6.07, 6.45) is 0. The first-order chi connectivity index (χ1) is 24.9. The molecule has 2 heteroatoms. The van der Waals surface area contributed by atoms with E-state index in [0.29, 0.717) is 16.7 Å². The smallest absolute Gasteiger partial charge is 0.143 e. The molecule has 0 saturated carbocycles. The Hall–Kier alpha value is -6.12. The summed E-state index contributed by atoms with van der Waals surface area (Å²) < 4.78 is 48.3. The molecule has 0 spiro atoms. The zero-order valence-corrected chi connectivity index (χ0v) is 25.4. The van der Waals surface area contributed by atoms with Gasteiger partial charge in [-0.1, -0.05) is 127 Å². The van der Waals surface area contributed by atoms with Gasteiger partial charge in [0.15, 0.2) is 0 Å². The largest absolute Gasteiger partial charge is 0.456 e. The van der Waals surface area contributed by atoms with E-state index in [1.807, 2.05) is 78.9 Å². The van der Waals surface area contributed by atoms with Crippen LogP contribution in [0.15, 0.2) is 160 Å². The lowest BCUT2D eigenvalue weighted by molar-refractivity contribution is 0.668. The molecule has 2 heterocycles. The van der Waals surface area contributed by atoms with E-state index < -0.39 is 0 Å². The number of furan rings is 2. The van der Waals surface area contributed by atoms with Crippen LogP contribution in [0.5, 0.6) is 0 Å². The summed E-state index contributed by atoms with van der Waals surface area (Å²) >= 11 is 0. The standard InChI is InChI=1S/C45H28O2/c1-27-18-20-28(21-19-27)42-32-11-2-4-13-34(32)43(35-14-5-3-12-33(35)42)37-24-23-30(45-44(37)36-15-7-9-17-40(36)47-45)29-22-25-41-38(26-29)31-10-6-8-16-39(31)46-41/h2-26H,1H3/i18D,19D,20D,21D. The molecule has 0 fully saturated rings. The number of fused-ring (bicyclic) bond motifs is 8. The number of benzene rings is 8. The molecule has 10 rings (SSSR count). The maximum absolute atomic E-state index is 9.04. The minimum absolute atomic E-state index is 0.0213. The molecule has 220 valence electrons. The molecule has 8 aromatic carbocycles. The Balaban J connectivity index is 1.32. The third-order valence-corrected chi connectivity index (χ3v) is 9.41. The van der Waals surface area contributed by atoms with Gasteiger partial charge in [-0.3, -0.25) is 0 Å². The second-order valence-corrected chi connectivity index (χ2v) is 12.1. The molecule has 0 saturated heterocycles. The lowest BCUT2D eigenvalue weighted by atomic mass is 9.84. The molecule has 0 aliphatic carbocycles. The van der Waals surface area contributed by atoms with Gasteiger partial charge in [-0.25, -0.2) is 0 Å². The normalized spacial score (nSPS) is 13.1. The monoisotopic (exact) mass is 604 g/mol. The molecule has 0 aliphatic rings. The van der Waals surface area contributed by atoms with Crippen LogP contribution in [-0.2, 0) is 0 Å². The van der Waals surface area contributed by atoms with Crippen LogP contribution in [0.25, 0.3) is 98.8 Å². The van der Waals surface area contributed by atoms with Crippen molar-refractivity contribution in [3.05, 3.63) is 157 Å². The van der Waals surface area contributed by atoms with Crippen LogP contribution in [0.2, 0.25) is 0 Å². The van der Waals surface area contributed by atoms with E-state index in [4.69, 9.17) is 14.3 Å². The first-order valence-electron chi connectivity index (χ1n) is 17.8. The summed E-state index contributed by atoms with van der Waals surface area (Å²) in [5, 5.41) is 7.76. The number of rotatable bonds is 3. The van der Waals surface area contributed by atoms with Crippen molar-refractivity contribution < 1.29 is 14.3 Å². The highest BCUT2D eigenvalue weighted by Gasteiger charge is 2.22. The van der Waals surface area contributed by atoms with Crippen molar-refractivity contribution in [2.75, 3.05) is 0 Å². The first-order valence-corrected chi connectivity index (χ1v) is 15.8. The molecule has 47 heavy (non-hydrogen) atoms. The van der Waals surface area contributed by atoms with Gasteiger partial charge in [-0.2, -0.15) is 0 Å².